The van der Waals surface area contributed by atoms with Gasteiger partial charge in [0, 0.05) is 42.4 Å². The van der Waals surface area contributed by atoms with Gasteiger partial charge in [0.25, 0.3) is 11.8 Å². The highest BCUT2D eigenvalue weighted by atomic mass is 16.3. The number of fused-ring (bicyclic) bond motifs is 1. The van der Waals surface area contributed by atoms with Crippen molar-refractivity contribution in [3.63, 3.8) is 0 Å². The lowest BCUT2D eigenvalue weighted by Gasteiger charge is -2.38. The SMILES string of the molecule is O=C(c1ccccc1)N1CC2C(C1)C2NC(=O)C(O)(c1ccccc1)C1CCCCC1. The molecule has 2 aromatic carbocycles. The Morgan fingerprint density at radius 2 is 1.45 bits per heavy atom. The Morgan fingerprint density at radius 3 is 2.06 bits per heavy atom. The third-order valence-electron chi connectivity index (χ3n) is 7.56. The van der Waals surface area contributed by atoms with Gasteiger partial charge >= 0.3 is 0 Å². The molecule has 2 N–H and O–H groups in total. The second-order valence-corrected chi connectivity index (χ2v) is 9.37. The van der Waals surface area contributed by atoms with Gasteiger partial charge in [-0.2, -0.15) is 0 Å². The molecule has 31 heavy (non-hydrogen) atoms. The van der Waals surface area contributed by atoms with Gasteiger partial charge in [-0.05, 0) is 30.5 Å². The fourth-order valence-electron chi connectivity index (χ4n) is 5.70. The van der Waals surface area contributed by atoms with Gasteiger partial charge in [0.05, 0.1) is 0 Å². The minimum absolute atomic E-state index is 0.0474. The third-order valence-corrected chi connectivity index (χ3v) is 7.56. The molecular formula is C26H30N2O3. The van der Waals surface area contributed by atoms with E-state index in [1.54, 1.807) is 0 Å². The summed E-state index contributed by atoms with van der Waals surface area (Å²) in [5, 5.41) is 14.9. The summed E-state index contributed by atoms with van der Waals surface area (Å²) in [4.78, 5) is 28.0. The van der Waals surface area contributed by atoms with Crippen LogP contribution in [-0.4, -0.2) is 41.0 Å². The summed E-state index contributed by atoms with van der Waals surface area (Å²) in [5.41, 5.74) is -0.0933. The van der Waals surface area contributed by atoms with E-state index in [4.69, 9.17) is 0 Å². The fourth-order valence-corrected chi connectivity index (χ4v) is 5.70. The van der Waals surface area contributed by atoms with Crippen LogP contribution in [-0.2, 0) is 10.4 Å². The number of carbonyl (C=O) groups excluding carboxylic acids is 2. The molecule has 5 rings (SSSR count). The van der Waals surface area contributed by atoms with Crippen LogP contribution in [0.3, 0.4) is 0 Å². The molecular weight excluding hydrogens is 388 g/mol. The van der Waals surface area contributed by atoms with Crippen LogP contribution in [0.2, 0.25) is 0 Å². The Bertz CT molecular complexity index is 930. The van der Waals surface area contributed by atoms with E-state index in [1.165, 1.54) is 6.42 Å². The minimum atomic E-state index is -1.49. The summed E-state index contributed by atoms with van der Waals surface area (Å²) >= 11 is 0. The summed E-state index contributed by atoms with van der Waals surface area (Å²) in [7, 11) is 0. The molecule has 3 fully saturated rings. The maximum Gasteiger partial charge on any atom is 0.257 e. The Labute approximate surface area is 183 Å². The topological polar surface area (TPSA) is 69.6 Å². The van der Waals surface area contributed by atoms with E-state index in [1.807, 2.05) is 65.6 Å². The zero-order valence-corrected chi connectivity index (χ0v) is 17.7. The van der Waals surface area contributed by atoms with Gasteiger partial charge < -0.3 is 15.3 Å². The molecule has 3 aliphatic rings. The molecule has 5 heteroatoms. The van der Waals surface area contributed by atoms with Crippen LogP contribution < -0.4 is 5.32 Å². The highest BCUT2D eigenvalue weighted by molar-refractivity contribution is 5.94. The highest BCUT2D eigenvalue weighted by Crippen LogP contribution is 2.47. The quantitative estimate of drug-likeness (QED) is 0.783. The number of aliphatic hydroxyl groups is 1. The fraction of sp³-hybridized carbons (Fsp3) is 0.462. The second kappa shape index (κ2) is 8.12. The maximum absolute atomic E-state index is 13.4. The summed E-state index contributed by atoms with van der Waals surface area (Å²) in [6.07, 6.45) is 5.02. The number of amides is 2. The van der Waals surface area contributed by atoms with Crippen LogP contribution in [0.5, 0.6) is 0 Å². The molecule has 0 bridgehead atoms. The van der Waals surface area contributed by atoms with E-state index in [9.17, 15) is 14.7 Å². The number of rotatable bonds is 5. The molecule has 3 atom stereocenters. The van der Waals surface area contributed by atoms with Crippen molar-refractivity contribution in [2.45, 2.75) is 43.7 Å². The number of hydrogen-bond donors (Lipinski definition) is 2. The third kappa shape index (κ3) is 3.65. The van der Waals surface area contributed by atoms with Crippen LogP contribution in [0.1, 0.15) is 48.0 Å². The normalized spacial score (nSPS) is 27.3. The number of nitrogens with zero attached hydrogens (tertiary/aromatic N) is 1. The summed E-state index contributed by atoms with van der Waals surface area (Å²) in [5.74, 6) is 0.288. The van der Waals surface area contributed by atoms with Crippen molar-refractivity contribution in [3.05, 3.63) is 71.8 Å². The van der Waals surface area contributed by atoms with Crippen LogP contribution >= 0.6 is 0 Å². The van der Waals surface area contributed by atoms with Gasteiger partial charge in [0.2, 0.25) is 0 Å². The van der Waals surface area contributed by atoms with Crippen molar-refractivity contribution >= 4 is 11.8 Å². The van der Waals surface area contributed by atoms with Gasteiger partial charge in [-0.1, -0.05) is 67.8 Å². The van der Waals surface area contributed by atoms with Gasteiger partial charge in [0.15, 0.2) is 5.60 Å². The molecule has 2 aliphatic carbocycles. The zero-order chi connectivity index (χ0) is 21.4. The van der Waals surface area contributed by atoms with Gasteiger partial charge in [-0.3, -0.25) is 9.59 Å². The van der Waals surface area contributed by atoms with E-state index in [0.29, 0.717) is 24.2 Å². The smallest absolute Gasteiger partial charge is 0.257 e. The van der Waals surface area contributed by atoms with Crippen molar-refractivity contribution in [2.24, 2.45) is 17.8 Å². The number of hydrogen-bond acceptors (Lipinski definition) is 3. The van der Waals surface area contributed by atoms with Crippen LogP contribution in [0.4, 0.5) is 0 Å². The standard InChI is InChI=1S/C26H30N2O3/c29-24(18-10-4-1-5-11-18)28-16-21-22(17-28)23(21)27-25(30)26(31,19-12-6-2-7-13-19)20-14-8-3-9-15-20/h1-2,4-7,10-13,20-23,31H,3,8-9,14-17H2,(H,27,30). The van der Waals surface area contributed by atoms with E-state index in [2.05, 4.69) is 5.32 Å². The van der Waals surface area contributed by atoms with Gasteiger partial charge in [-0.25, -0.2) is 0 Å². The predicted molar refractivity (Wildman–Crippen MR) is 118 cm³/mol. The predicted octanol–water partition coefficient (Wildman–Crippen LogP) is 3.34. The van der Waals surface area contributed by atoms with Crippen molar-refractivity contribution in [3.8, 4) is 0 Å². The first-order chi connectivity index (χ1) is 15.1. The molecule has 3 unspecified atom stereocenters. The number of benzene rings is 2. The molecule has 162 valence electrons. The molecule has 0 spiro atoms. The van der Waals surface area contributed by atoms with Gasteiger partial charge in [0.1, 0.15) is 0 Å². The summed E-state index contributed by atoms with van der Waals surface area (Å²) < 4.78 is 0. The van der Waals surface area contributed by atoms with E-state index >= 15 is 0 Å². The van der Waals surface area contributed by atoms with Crippen molar-refractivity contribution in [2.75, 3.05) is 13.1 Å². The average Bonchev–Trinajstić information content (AvgIpc) is 3.26. The first-order valence-electron chi connectivity index (χ1n) is 11.5. The summed E-state index contributed by atoms with van der Waals surface area (Å²) in [6, 6.07) is 18.8. The second-order valence-electron chi connectivity index (χ2n) is 9.37. The molecule has 1 aliphatic heterocycles. The lowest BCUT2D eigenvalue weighted by Crippen LogP contribution is -2.52. The van der Waals surface area contributed by atoms with Crippen LogP contribution in [0.25, 0.3) is 0 Å². The molecule has 5 nitrogen and oxygen atoms in total. The lowest BCUT2D eigenvalue weighted by atomic mass is 9.73. The Balaban J connectivity index is 1.26. The first kappa shape index (κ1) is 20.3. The van der Waals surface area contributed by atoms with Crippen molar-refractivity contribution in [1.29, 1.82) is 0 Å². The number of carbonyl (C=O) groups is 2. The lowest BCUT2D eigenvalue weighted by molar-refractivity contribution is -0.149. The Morgan fingerprint density at radius 1 is 0.871 bits per heavy atom. The van der Waals surface area contributed by atoms with Crippen LogP contribution in [0, 0.1) is 17.8 Å². The molecule has 0 aromatic heterocycles. The van der Waals surface area contributed by atoms with E-state index in [0.717, 1.165) is 25.7 Å². The largest absolute Gasteiger partial charge is 0.375 e. The highest BCUT2D eigenvalue weighted by Gasteiger charge is 2.59. The van der Waals surface area contributed by atoms with Crippen LogP contribution in [0.15, 0.2) is 60.7 Å². The van der Waals surface area contributed by atoms with E-state index in [-0.39, 0.29) is 35.6 Å². The Kier molecular flexibility index (Phi) is 5.30. The zero-order valence-electron chi connectivity index (χ0n) is 17.7. The monoisotopic (exact) mass is 418 g/mol. The Hall–Kier alpha value is -2.66. The average molecular weight is 419 g/mol. The van der Waals surface area contributed by atoms with E-state index < -0.39 is 5.60 Å². The van der Waals surface area contributed by atoms with Crippen molar-refractivity contribution in [1.82, 2.24) is 10.2 Å². The maximum atomic E-state index is 13.4. The minimum Gasteiger partial charge on any atom is -0.375 e. The molecule has 1 saturated heterocycles. The number of piperidine rings is 1. The first-order valence-corrected chi connectivity index (χ1v) is 11.5. The summed E-state index contributed by atoms with van der Waals surface area (Å²) in [6.45, 7) is 1.33. The van der Waals surface area contributed by atoms with Gasteiger partial charge in [-0.15, -0.1) is 0 Å². The number of likely N-dealkylation sites (tertiary alicyclic amines) is 1. The molecule has 2 amide bonds. The number of nitrogens with one attached hydrogen (secondary N) is 1. The molecule has 2 saturated carbocycles. The molecule has 0 radical (unpaired) electrons. The van der Waals surface area contributed by atoms with Crippen molar-refractivity contribution < 1.29 is 14.7 Å². The molecule has 1 heterocycles. The molecule has 2 aromatic rings.